The van der Waals surface area contributed by atoms with Crippen LogP contribution in [-0.2, 0) is 0 Å². The standard InChI is InChI=1S/C13H14N2O3/c1-7-4-5-9(13(16)17)8(2)11(7)12-10(18-3)6-14-15-12/h4-6H,1-3H3,(H,14,15)(H,16,17). The fourth-order valence-corrected chi connectivity index (χ4v) is 2.07. The lowest BCUT2D eigenvalue weighted by atomic mass is 9.95. The number of hydrogen-bond acceptors (Lipinski definition) is 3. The first kappa shape index (κ1) is 12.2. The number of aryl methyl sites for hydroxylation is 1. The highest BCUT2D eigenvalue weighted by molar-refractivity contribution is 5.92. The molecule has 94 valence electrons. The Morgan fingerprint density at radius 1 is 1.39 bits per heavy atom. The van der Waals surface area contributed by atoms with Crippen LogP contribution in [-0.4, -0.2) is 28.4 Å². The van der Waals surface area contributed by atoms with Crippen LogP contribution in [0.15, 0.2) is 18.3 Å². The van der Waals surface area contributed by atoms with Gasteiger partial charge in [0.1, 0.15) is 5.69 Å². The number of benzene rings is 1. The van der Waals surface area contributed by atoms with Crippen LogP contribution < -0.4 is 4.74 Å². The summed E-state index contributed by atoms with van der Waals surface area (Å²) < 4.78 is 5.21. The third kappa shape index (κ3) is 1.84. The average molecular weight is 246 g/mol. The fourth-order valence-electron chi connectivity index (χ4n) is 2.07. The molecular weight excluding hydrogens is 232 g/mol. The maximum Gasteiger partial charge on any atom is 0.335 e. The van der Waals surface area contributed by atoms with Crippen molar-refractivity contribution in [3.05, 3.63) is 35.0 Å². The average Bonchev–Trinajstić information content (AvgIpc) is 2.76. The molecule has 1 aromatic heterocycles. The van der Waals surface area contributed by atoms with Gasteiger partial charge in [-0.25, -0.2) is 4.79 Å². The summed E-state index contributed by atoms with van der Waals surface area (Å²) in [4.78, 5) is 11.2. The molecule has 2 rings (SSSR count). The van der Waals surface area contributed by atoms with Gasteiger partial charge in [0.05, 0.1) is 18.9 Å². The maximum atomic E-state index is 11.2. The summed E-state index contributed by atoms with van der Waals surface area (Å²) in [7, 11) is 1.56. The summed E-state index contributed by atoms with van der Waals surface area (Å²) in [6.07, 6.45) is 1.57. The minimum atomic E-state index is -0.938. The first-order valence-corrected chi connectivity index (χ1v) is 5.47. The second-order valence-electron chi connectivity index (χ2n) is 4.05. The largest absolute Gasteiger partial charge is 0.493 e. The number of carboxylic acids is 1. The minimum absolute atomic E-state index is 0.284. The van der Waals surface area contributed by atoms with Crippen LogP contribution in [0.1, 0.15) is 21.5 Å². The normalized spacial score (nSPS) is 10.4. The van der Waals surface area contributed by atoms with E-state index in [1.165, 1.54) is 0 Å². The Labute approximate surface area is 104 Å². The Bertz CT molecular complexity index is 602. The summed E-state index contributed by atoms with van der Waals surface area (Å²) >= 11 is 0. The van der Waals surface area contributed by atoms with Crippen molar-refractivity contribution < 1.29 is 14.6 Å². The summed E-state index contributed by atoms with van der Waals surface area (Å²) in [6, 6.07) is 3.39. The maximum absolute atomic E-state index is 11.2. The van der Waals surface area contributed by atoms with E-state index in [0.29, 0.717) is 17.0 Å². The number of carbonyl (C=O) groups is 1. The molecular formula is C13H14N2O3. The van der Waals surface area contributed by atoms with Gasteiger partial charge in [0.15, 0.2) is 5.75 Å². The van der Waals surface area contributed by atoms with Crippen molar-refractivity contribution in [2.24, 2.45) is 0 Å². The van der Waals surface area contributed by atoms with Gasteiger partial charge in [0.25, 0.3) is 0 Å². The number of nitrogens with zero attached hydrogens (tertiary/aromatic N) is 1. The molecule has 0 aliphatic rings. The summed E-state index contributed by atoms with van der Waals surface area (Å²) in [5, 5.41) is 15.9. The second-order valence-corrected chi connectivity index (χ2v) is 4.05. The van der Waals surface area contributed by atoms with E-state index in [-0.39, 0.29) is 5.56 Å². The molecule has 0 fully saturated rings. The molecule has 18 heavy (non-hydrogen) atoms. The molecule has 1 aromatic carbocycles. The van der Waals surface area contributed by atoms with Gasteiger partial charge in [0, 0.05) is 5.56 Å². The highest BCUT2D eigenvalue weighted by Gasteiger charge is 2.18. The zero-order valence-corrected chi connectivity index (χ0v) is 10.4. The molecule has 0 aliphatic carbocycles. The van der Waals surface area contributed by atoms with E-state index < -0.39 is 5.97 Å². The number of aromatic carboxylic acids is 1. The van der Waals surface area contributed by atoms with Crippen molar-refractivity contribution >= 4 is 5.97 Å². The molecule has 0 atom stereocenters. The molecule has 2 N–H and O–H groups in total. The Hall–Kier alpha value is -2.30. The lowest BCUT2D eigenvalue weighted by Gasteiger charge is -2.12. The molecule has 5 nitrogen and oxygen atoms in total. The first-order chi connectivity index (χ1) is 8.56. The van der Waals surface area contributed by atoms with Gasteiger partial charge >= 0.3 is 5.97 Å². The van der Waals surface area contributed by atoms with Crippen LogP contribution in [0.4, 0.5) is 0 Å². The molecule has 0 aliphatic heterocycles. The van der Waals surface area contributed by atoms with Gasteiger partial charge in [-0.1, -0.05) is 6.07 Å². The molecule has 0 bridgehead atoms. The van der Waals surface area contributed by atoms with Crippen LogP contribution in [0.3, 0.4) is 0 Å². The van der Waals surface area contributed by atoms with Crippen molar-refractivity contribution in [3.63, 3.8) is 0 Å². The van der Waals surface area contributed by atoms with Gasteiger partial charge in [-0.15, -0.1) is 0 Å². The number of H-pyrrole nitrogens is 1. The molecule has 0 spiro atoms. The van der Waals surface area contributed by atoms with Crippen LogP contribution in [0, 0.1) is 13.8 Å². The number of rotatable bonds is 3. The number of aromatic amines is 1. The zero-order valence-electron chi connectivity index (χ0n) is 10.4. The SMILES string of the molecule is COc1cn[nH]c1-c1c(C)ccc(C(=O)O)c1C. The van der Waals surface area contributed by atoms with Crippen molar-refractivity contribution in [3.8, 4) is 17.0 Å². The fraction of sp³-hybridized carbons (Fsp3) is 0.231. The lowest BCUT2D eigenvalue weighted by Crippen LogP contribution is -2.03. The van der Waals surface area contributed by atoms with E-state index in [0.717, 1.165) is 11.1 Å². The van der Waals surface area contributed by atoms with Crippen molar-refractivity contribution in [1.29, 1.82) is 0 Å². The van der Waals surface area contributed by atoms with Gasteiger partial charge in [-0.3, -0.25) is 5.10 Å². The highest BCUT2D eigenvalue weighted by Crippen LogP contribution is 2.33. The van der Waals surface area contributed by atoms with E-state index in [9.17, 15) is 4.79 Å². The van der Waals surface area contributed by atoms with E-state index in [2.05, 4.69) is 10.2 Å². The Morgan fingerprint density at radius 2 is 2.11 bits per heavy atom. The zero-order chi connectivity index (χ0) is 13.3. The molecule has 0 saturated heterocycles. The van der Waals surface area contributed by atoms with Crippen molar-refractivity contribution in [2.75, 3.05) is 7.11 Å². The molecule has 0 saturated carbocycles. The predicted octanol–water partition coefficient (Wildman–Crippen LogP) is 2.40. The number of carboxylic acid groups (broad SMARTS) is 1. The third-order valence-corrected chi connectivity index (χ3v) is 2.98. The second kappa shape index (κ2) is 4.52. The first-order valence-electron chi connectivity index (χ1n) is 5.47. The lowest BCUT2D eigenvalue weighted by molar-refractivity contribution is 0.0696. The van der Waals surface area contributed by atoms with E-state index in [1.54, 1.807) is 32.4 Å². The van der Waals surface area contributed by atoms with Gasteiger partial charge in [-0.2, -0.15) is 5.10 Å². The smallest absolute Gasteiger partial charge is 0.335 e. The van der Waals surface area contributed by atoms with E-state index >= 15 is 0 Å². The van der Waals surface area contributed by atoms with Crippen molar-refractivity contribution in [1.82, 2.24) is 10.2 Å². The summed E-state index contributed by atoms with van der Waals surface area (Å²) in [5.41, 5.74) is 3.48. The number of aromatic nitrogens is 2. The number of hydrogen-bond donors (Lipinski definition) is 2. The number of methoxy groups -OCH3 is 1. The predicted molar refractivity (Wildman–Crippen MR) is 67.0 cm³/mol. The van der Waals surface area contributed by atoms with Crippen LogP contribution >= 0.6 is 0 Å². The van der Waals surface area contributed by atoms with Crippen LogP contribution in [0.5, 0.6) is 5.75 Å². The van der Waals surface area contributed by atoms with E-state index in [1.807, 2.05) is 6.92 Å². The highest BCUT2D eigenvalue weighted by atomic mass is 16.5. The third-order valence-electron chi connectivity index (χ3n) is 2.98. The van der Waals surface area contributed by atoms with Crippen LogP contribution in [0.25, 0.3) is 11.3 Å². The summed E-state index contributed by atoms with van der Waals surface area (Å²) in [5.74, 6) is -0.337. The van der Waals surface area contributed by atoms with Crippen molar-refractivity contribution in [2.45, 2.75) is 13.8 Å². The molecule has 0 amide bonds. The van der Waals surface area contributed by atoms with Gasteiger partial charge in [0.2, 0.25) is 0 Å². The molecule has 5 heteroatoms. The van der Waals surface area contributed by atoms with Gasteiger partial charge in [-0.05, 0) is 31.0 Å². The monoisotopic (exact) mass is 246 g/mol. The quantitative estimate of drug-likeness (QED) is 0.872. The Balaban J connectivity index is 2.71. The Kier molecular flexibility index (Phi) is 3.06. The summed E-state index contributed by atoms with van der Waals surface area (Å²) in [6.45, 7) is 3.71. The van der Waals surface area contributed by atoms with Crippen LogP contribution in [0.2, 0.25) is 0 Å². The Morgan fingerprint density at radius 3 is 2.72 bits per heavy atom. The minimum Gasteiger partial charge on any atom is -0.493 e. The molecule has 2 aromatic rings. The number of ether oxygens (including phenoxy) is 1. The number of nitrogens with one attached hydrogen (secondary N) is 1. The molecule has 1 heterocycles. The van der Waals surface area contributed by atoms with Gasteiger partial charge < -0.3 is 9.84 Å². The van der Waals surface area contributed by atoms with E-state index in [4.69, 9.17) is 9.84 Å². The molecule has 0 unspecified atom stereocenters. The molecule has 0 radical (unpaired) electrons. The topological polar surface area (TPSA) is 75.2 Å².